The molecule has 0 radical (unpaired) electrons. The van der Waals surface area contributed by atoms with Crippen LogP contribution in [-0.4, -0.2) is 26.4 Å². The summed E-state index contributed by atoms with van der Waals surface area (Å²) in [6.07, 6.45) is 1.57. The number of anilines is 1. The maximum absolute atomic E-state index is 12.9. The average Bonchev–Trinajstić information content (AvgIpc) is 3.11. The smallest absolute Gasteiger partial charge is 0.244 e. The van der Waals surface area contributed by atoms with E-state index in [9.17, 15) is 4.39 Å². The van der Waals surface area contributed by atoms with Gasteiger partial charge in [-0.05, 0) is 39.6 Å². The summed E-state index contributed by atoms with van der Waals surface area (Å²) in [4.78, 5) is 0. The predicted octanol–water partition coefficient (Wildman–Crippen LogP) is 3.40. The van der Waals surface area contributed by atoms with Gasteiger partial charge in [-0.25, -0.2) is 9.82 Å². The van der Waals surface area contributed by atoms with Crippen LogP contribution in [0.25, 0.3) is 16.5 Å². The van der Waals surface area contributed by atoms with Crippen molar-refractivity contribution in [1.82, 2.24) is 20.2 Å². The number of fused-ring (bicyclic) bond motifs is 1. The summed E-state index contributed by atoms with van der Waals surface area (Å²) in [7, 11) is 0. The maximum Gasteiger partial charge on any atom is 0.268 e. The molecule has 0 atom stereocenters. The van der Waals surface area contributed by atoms with Crippen LogP contribution in [0.3, 0.4) is 0 Å². The molecule has 3 aromatic carbocycles. The van der Waals surface area contributed by atoms with E-state index in [0.29, 0.717) is 5.95 Å². The molecule has 6 nitrogen and oxygen atoms in total. The number of benzene rings is 3. The zero-order valence-electron chi connectivity index (χ0n) is 13.0. The third-order valence-electron chi connectivity index (χ3n) is 3.71. The van der Waals surface area contributed by atoms with E-state index < -0.39 is 0 Å². The molecule has 0 amide bonds. The minimum absolute atomic E-state index is 0.287. The van der Waals surface area contributed by atoms with Gasteiger partial charge in [0, 0.05) is 5.39 Å². The summed E-state index contributed by atoms with van der Waals surface area (Å²) < 4.78 is 14.5. The van der Waals surface area contributed by atoms with E-state index in [0.717, 1.165) is 22.0 Å². The highest BCUT2D eigenvalue weighted by molar-refractivity contribution is 5.90. The van der Waals surface area contributed by atoms with E-state index >= 15 is 0 Å². The predicted molar refractivity (Wildman–Crippen MR) is 94.3 cm³/mol. The van der Waals surface area contributed by atoms with Gasteiger partial charge < -0.3 is 0 Å². The third kappa shape index (κ3) is 3.07. The van der Waals surface area contributed by atoms with Gasteiger partial charge >= 0.3 is 0 Å². The quantitative estimate of drug-likeness (QED) is 0.459. The van der Waals surface area contributed by atoms with Crippen molar-refractivity contribution in [3.05, 3.63) is 78.1 Å². The second-order valence-corrected chi connectivity index (χ2v) is 5.33. The van der Waals surface area contributed by atoms with Gasteiger partial charge in [0.1, 0.15) is 5.82 Å². The molecule has 0 spiro atoms. The molecule has 0 aliphatic heterocycles. The number of halogens is 1. The summed E-state index contributed by atoms with van der Waals surface area (Å²) in [6.45, 7) is 0. The Bertz CT molecular complexity index is 1030. The molecule has 122 valence electrons. The van der Waals surface area contributed by atoms with Crippen LogP contribution in [0, 0.1) is 5.82 Å². The molecular weight excluding hydrogens is 319 g/mol. The Hall–Kier alpha value is -3.61. The number of tetrazole rings is 1. The number of hydrogen-bond donors (Lipinski definition) is 1. The fraction of sp³-hybridized carbons (Fsp3) is 0. The summed E-state index contributed by atoms with van der Waals surface area (Å²) >= 11 is 0. The summed E-state index contributed by atoms with van der Waals surface area (Å²) in [6, 6.07) is 19.9. The van der Waals surface area contributed by atoms with Gasteiger partial charge in [-0.1, -0.05) is 53.6 Å². The first-order valence-electron chi connectivity index (χ1n) is 7.62. The van der Waals surface area contributed by atoms with Gasteiger partial charge in [0.15, 0.2) is 0 Å². The molecule has 25 heavy (non-hydrogen) atoms. The van der Waals surface area contributed by atoms with Crippen molar-refractivity contribution < 1.29 is 4.39 Å². The Kier molecular flexibility index (Phi) is 3.88. The minimum atomic E-state index is -0.287. The Balaban J connectivity index is 1.63. The average molecular weight is 332 g/mol. The third-order valence-corrected chi connectivity index (χ3v) is 3.71. The highest BCUT2D eigenvalue weighted by Gasteiger charge is 2.10. The molecular formula is C18H13FN6. The topological polar surface area (TPSA) is 68.0 Å². The summed E-state index contributed by atoms with van der Waals surface area (Å²) in [5.74, 6) is 0.0970. The highest BCUT2D eigenvalue weighted by atomic mass is 19.1. The second kappa shape index (κ2) is 6.48. The number of nitrogens with zero attached hydrogens (tertiary/aromatic N) is 5. The van der Waals surface area contributed by atoms with E-state index in [1.165, 1.54) is 12.1 Å². The minimum Gasteiger partial charge on any atom is -0.244 e. The Morgan fingerprint density at radius 1 is 0.960 bits per heavy atom. The largest absolute Gasteiger partial charge is 0.268 e. The van der Waals surface area contributed by atoms with Gasteiger partial charge in [-0.3, -0.25) is 0 Å². The molecule has 7 heteroatoms. The Morgan fingerprint density at radius 3 is 2.64 bits per heavy atom. The first kappa shape index (κ1) is 14.9. The molecule has 4 rings (SSSR count). The normalized spacial score (nSPS) is 11.2. The molecule has 0 saturated heterocycles. The maximum atomic E-state index is 12.9. The van der Waals surface area contributed by atoms with Crippen LogP contribution in [0.5, 0.6) is 0 Å². The van der Waals surface area contributed by atoms with Crippen LogP contribution in [0.4, 0.5) is 10.3 Å². The SMILES string of the molecule is Fc1ccc(/C=N/Nc2nnnn2-c2cccc3ccccc23)cc1. The molecule has 0 saturated carbocycles. The van der Waals surface area contributed by atoms with Gasteiger partial charge in [0.2, 0.25) is 0 Å². The summed E-state index contributed by atoms with van der Waals surface area (Å²) in [5, 5.41) is 18.0. The van der Waals surface area contributed by atoms with E-state index in [-0.39, 0.29) is 5.82 Å². The monoisotopic (exact) mass is 332 g/mol. The highest BCUT2D eigenvalue weighted by Crippen LogP contribution is 2.23. The molecule has 0 aliphatic carbocycles. The summed E-state index contributed by atoms with van der Waals surface area (Å²) in [5.41, 5.74) is 4.43. The first-order chi connectivity index (χ1) is 12.3. The van der Waals surface area contributed by atoms with E-state index in [2.05, 4.69) is 26.1 Å². The van der Waals surface area contributed by atoms with E-state index in [4.69, 9.17) is 0 Å². The van der Waals surface area contributed by atoms with Crippen LogP contribution in [0.1, 0.15) is 5.56 Å². The lowest BCUT2D eigenvalue weighted by Gasteiger charge is -2.07. The molecule has 4 aromatic rings. The van der Waals surface area contributed by atoms with Crippen molar-refractivity contribution in [3.63, 3.8) is 0 Å². The Labute approximate surface area is 142 Å². The molecule has 0 fully saturated rings. The van der Waals surface area contributed by atoms with Crippen molar-refractivity contribution in [2.45, 2.75) is 0 Å². The lowest BCUT2D eigenvalue weighted by atomic mass is 10.1. The van der Waals surface area contributed by atoms with Gasteiger partial charge in [0.05, 0.1) is 11.9 Å². The van der Waals surface area contributed by atoms with E-state index in [1.54, 1.807) is 23.0 Å². The lowest BCUT2D eigenvalue weighted by Crippen LogP contribution is -2.04. The number of rotatable bonds is 4. The van der Waals surface area contributed by atoms with Crippen molar-refractivity contribution in [2.75, 3.05) is 5.43 Å². The fourth-order valence-corrected chi connectivity index (χ4v) is 2.53. The van der Waals surface area contributed by atoms with Crippen LogP contribution in [0.15, 0.2) is 71.8 Å². The first-order valence-corrected chi connectivity index (χ1v) is 7.62. The number of aromatic nitrogens is 4. The molecule has 0 bridgehead atoms. The number of nitrogens with one attached hydrogen (secondary N) is 1. The Morgan fingerprint density at radius 2 is 1.76 bits per heavy atom. The van der Waals surface area contributed by atoms with Gasteiger partial charge in [0.25, 0.3) is 5.95 Å². The molecule has 1 heterocycles. The lowest BCUT2D eigenvalue weighted by molar-refractivity contribution is 0.628. The van der Waals surface area contributed by atoms with Crippen LogP contribution >= 0.6 is 0 Å². The van der Waals surface area contributed by atoms with Gasteiger partial charge in [-0.15, -0.1) is 0 Å². The van der Waals surface area contributed by atoms with Gasteiger partial charge in [-0.2, -0.15) is 9.78 Å². The van der Waals surface area contributed by atoms with E-state index in [1.807, 2.05) is 42.5 Å². The molecule has 0 unspecified atom stereocenters. The molecule has 0 aliphatic rings. The zero-order chi connectivity index (χ0) is 17.1. The van der Waals surface area contributed by atoms with Crippen LogP contribution < -0.4 is 5.43 Å². The standard InChI is InChI=1S/C18H13FN6/c19-15-10-8-13(9-11-15)12-20-21-18-22-23-24-25(18)17-7-3-5-14-4-1-2-6-16(14)17/h1-12H,(H,21,22,24)/b20-12+. The van der Waals surface area contributed by atoms with Crippen molar-refractivity contribution in [1.29, 1.82) is 0 Å². The fourth-order valence-electron chi connectivity index (χ4n) is 2.53. The van der Waals surface area contributed by atoms with Crippen molar-refractivity contribution in [3.8, 4) is 5.69 Å². The number of hydrogen-bond acceptors (Lipinski definition) is 5. The number of hydrazone groups is 1. The zero-order valence-corrected chi connectivity index (χ0v) is 13.0. The molecule has 1 aromatic heterocycles. The van der Waals surface area contributed by atoms with Crippen LogP contribution in [-0.2, 0) is 0 Å². The van der Waals surface area contributed by atoms with Crippen LogP contribution in [0.2, 0.25) is 0 Å². The van der Waals surface area contributed by atoms with Crippen molar-refractivity contribution >= 4 is 22.9 Å². The molecule has 1 N–H and O–H groups in total. The van der Waals surface area contributed by atoms with Crippen molar-refractivity contribution in [2.24, 2.45) is 5.10 Å². The second-order valence-electron chi connectivity index (χ2n) is 5.33.